The van der Waals surface area contributed by atoms with Crippen LogP contribution < -0.4 is 11.1 Å². The van der Waals surface area contributed by atoms with E-state index < -0.39 is 0 Å². The highest BCUT2D eigenvalue weighted by Crippen LogP contribution is 2.37. The summed E-state index contributed by atoms with van der Waals surface area (Å²) in [4.78, 5) is 2.46. The maximum atomic E-state index is 13.3. The summed E-state index contributed by atoms with van der Waals surface area (Å²) in [5.41, 5.74) is 6.79. The fraction of sp³-hybridized carbons (Fsp3) is 0.571. The molecule has 3 saturated heterocycles. The fourth-order valence-electron chi connectivity index (χ4n) is 3.45. The van der Waals surface area contributed by atoms with E-state index in [2.05, 4.69) is 10.2 Å². The second-order valence-corrected chi connectivity index (χ2v) is 5.55. The molecule has 98 valence electrons. The molecule has 0 aliphatic carbocycles. The predicted octanol–water partition coefficient (Wildman–Crippen LogP) is 1.66. The van der Waals surface area contributed by atoms with Gasteiger partial charge in [0.2, 0.25) is 0 Å². The maximum absolute atomic E-state index is 13.3. The van der Waals surface area contributed by atoms with E-state index in [1.54, 1.807) is 12.1 Å². The summed E-state index contributed by atoms with van der Waals surface area (Å²) < 4.78 is 13.3. The SMILES string of the molecule is NCC1(Nc2cccc(F)c2)CN2CCC1CC2. The first-order valence-corrected chi connectivity index (χ1v) is 6.68. The molecule has 0 amide bonds. The van der Waals surface area contributed by atoms with Crippen molar-refractivity contribution in [3.63, 3.8) is 0 Å². The van der Waals surface area contributed by atoms with E-state index in [-0.39, 0.29) is 11.4 Å². The molecular formula is C14H20FN3. The van der Waals surface area contributed by atoms with Crippen LogP contribution in [-0.2, 0) is 0 Å². The normalized spacial score (nSPS) is 34.6. The van der Waals surface area contributed by atoms with E-state index in [9.17, 15) is 4.39 Å². The van der Waals surface area contributed by atoms with Crippen LogP contribution in [0.2, 0.25) is 0 Å². The van der Waals surface area contributed by atoms with Gasteiger partial charge < -0.3 is 16.0 Å². The van der Waals surface area contributed by atoms with Gasteiger partial charge in [-0.25, -0.2) is 4.39 Å². The highest BCUT2D eigenvalue weighted by atomic mass is 19.1. The van der Waals surface area contributed by atoms with Crippen LogP contribution in [0, 0.1) is 11.7 Å². The molecule has 4 heteroatoms. The number of piperidine rings is 3. The molecule has 3 fully saturated rings. The summed E-state index contributed by atoms with van der Waals surface area (Å²) in [6.45, 7) is 3.93. The minimum atomic E-state index is -0.201. The predicted molar refractivity (Wildman–Crippen MR) is 71.0 cm³/mol. The minimum Gasteiger partial charge on any atom is -0.377 e. The Morgan fingerprint density at radius 2 is 2.17 bits per heavy atom. The van der Waals surface area contributed by atoms with Crippen molar-refractivity contribution in [3.05, 3.63) is 30.1 Å². The van der Waals surface area contributed by atoms with Crippen molar-refractivity contribution in [2.75, 3.05) is 31.5 Å². The molecular weight excluding hydrogens is 229 g/mol. The Kier molecular flexibility index (Phi) is 2.99. The van der Waals surface area contributed by atoms with Crippen molar-refractivity contribution in [2.45, 2.75) is 18.4 Å². The van der Waals surface area contributed by atoms with Crippen molar-refractivity contribution >= 4 is 5.69 Å². The summed E-state index contributed by atoms with van der Waals surface area (Å²) in [6, 6.07) is 6.67. The Bertz CT molecular complexity index is 429. The van der Waals surface area contributed by atoms with Crippen LogP contribution in [0.1, 0.15) is 12.8 Å². The van der Waals surface area contributed by atoms with E-state index >= 15 is 0 Å². The Labute approximate surface area is 107 Å². The summed E-state index contributed by atoms with van der Waals surface area (Å²) in [7, 11) is 0. The lowest BCUT2D eigenvalue weighted by atomic mass is 9.72. The average Bonchev–Trinajstić information content (AvgIpc) is 2.40. The monoisotopic (exact) mass is 249 g/mol. The summed E-state index contributed by atoms with van der Waals surface area (Å²) >= 11 is 0. The summed E-state index contributed by atoms with van der Waals surface area (Å²) in [5.74, 6) is 0.407. The molecule has 0 spiro atoms. The second-order valence-electron chi connectivity index (χ2n) is 5.55. The number of anilines is 1. The van der Waals surface area contributed by atoms with E-state index in [0.717, 1.165) is 12.2 Å². The number of nitrogens with two attached hydrogens (primary N) is 1. The lowest BCUT2D eigenvalue weighted by molar-refractivity contribution is 0.0449. The van der Waals surface area contributed by atoms with Gasteiger partial charge in [0.15, 0.2) is 0 Å². The lowest BCUT2D eigenvalue weighted by Crippen LogP contribution is -2.66. The highest BCUT2D eigenvalue weighted by Gasteiger charge is 2.45. The van der Waals surface area contributed by atoms with Gasteiger partial charge >= 0.3 is 0 Å². The first-order chi connectivity index (χ1) is 8.72. The molecule has 0 saturated carbocycles. The molecule has 4 rings (SSSR count). The molecule has 3 nitrogen and oxygen atoms in total. The molecule has 3 aliphatic heterocycles. The van der Waals surface area contributed by atoms with Crippen LogP contribution in [0.5, 0.6) is 0 Å². The number of nitrogens with zero attached hydrogens (tertiary/aromatic N) is 1. The highest BCUT2D eigenvalue weighted by molar-refractivity contribution is 5.47. The van der Waals surface area contributed by atoms with Gasteiger partial charge in [0, 0.05) is 18.8 Å². The van der Waals surface area contributed by atoms with Crippen LogP contribution in [0.15, 0.2) is 24.3 Å². The van der Waals surface area contributed by atoms with Crippen LogP contribution in [-0.4, -0.2) is 36.6 Å². The topological polar surface area (TPSA) is 41.3 Å². The van der Waals surface area contributed by atoms with Gasteiger partial charge in [-0.1, -0.05) is 6.07 Å². The van der Waals surface area contributed by atoms with Crippen molar-refractivity contribution in [1.29, 1.82) is 0 Å². The van der Waals surface area contributed by atoms with Gasteiger partial charge in [-0.3, -0.25) is 0 Å². The Morgan fingerprint density at radius 1 is 1.39 bits per heavy atom. The first-order valence-electron chi connectivity index (χ1n) is 6.68. The fourth-order valence-corrected chi connectivity index (χ4v) is 3.45. The number of hydrogen-bond donors (Lipinski definition) is 2. The Morgan fingerprint density at radius 3 is 2.72 bits per heavy atom. The van der Waals surface area contributed by atoms with Crippen LogP contribution >= 0.6 is 0 Å². The maximum Gasteiger partial charge on any atom is 0.125 e. The number of nitrogens with one attached hydrogen (secondary N) is 1. The van der Waals surface area contributed by atoms with E-state index in [1.165, 1.54) is 32.0 Å². The average molecular weight is 249 g/mol. The van der Waals surface area contributed by atoms with Crippen LogP contribution in [0.4, 0.5) is 10.1 Å². The molecule has 3 heterocycles. The van der Waals surface area contributed by atoms with Crippen molar-refractivity contribution in [1.82, 2.24) is 4.90 Å². The first kappa shape index (κ1) is 11.9. The summed E-state index contributed by atoms with van der Waals surface area (Å²) in [5, 5.41) is 3.51. The van der Waals surface area contributed by atoms with Crippen molar-refractivity contribution in [2.24, 2.45) is 11.7 Å². The molecule has 0 aromatic heterocycles. The van der Waals surface area contributed by atoms with Crippen LogP contribution in [0.3, 0.4) is 0 Å². The van der Waals surface area contributed by atoms with Gasteiger partial charge in [-0.15, -0.1) is 0 Å². The second kappa shape index (κ2) is 4.52. The number of hydrogen-bond acceptors (Lipinski definition) is 3. The van der Waals surface area contributed by atoms with Crippen molar-refractivity contribution in [3.8, 4) is 0 Å². The molecule has 1 atom stereocenters. The molecule has 3 aliphatic rings. The summed E-state index contributed by atoms with van der Waals surface area (Å²) in [6.07, 6.45) is 2.39. The van der Waals surface area contributed by atoms with E-state index in [1.807, 2.05) is 6.07 Å². The minimum absolute atomic E-state index is 0.0791. The Balaban J connectivity index is 1.84. The zero-order valence-electron chi connectivity index (χ0n) is 10.5. The zero-order valence-corrected chi connectivity index (χ0v) is 10.5. The van der Waals surface area contributed by atoms with Gasteiger partial charge in [-0.05, 0) is 50.0 Å². The standard InChI is InChI=1S/C14H20FN3/c15-12-2-1-3-13(8-12)17-14(9-16)10-18-6-4-11(14)5-7-18/h1-3,8,11,17H,4-7,9-10,16H2. The molecule has 1 aromatic carbocycles. The third kappa shape index (κ3) is 1.99. The zero-order chi connectivity index (χ0) is 12.6. The van der Waals surface area contributed by atoms with Gasteiger partial charge in [0.25, 0.3) is 0 Å². The molecule has 18 heavy (non-hydrogen) atoms. The number of fused-ring (bicyclic) bond motifs is 3. The molecule has 2 bridgehead atoms. The van der Waals surface area contributed by atoms with Gasteiger partial charge in [-0.2, -0.15) is 0 Å². The van der Waals surface area contributed by atoms with Crippen molar-refractivity contribution < 1.29 is 4.39 Å². The van der Waals surface area contributed by atoms with E-state index in [0.29, 0.717) is 12.5 Å². The molecule has 3 N–H and O–H groups in total. The third-order valence-corrected chi connectivity index (χ3v) is 4.46. The lowest BCUT2D eigenvalue weighted by Gasteiger charge is -2.53. The number of benzene rings is 1. The molecule has 1 aromatic rings. The van der Waals surface area contributed by atoms with E-state index in [4.69, 9.17) is 5.73 Å². The number of halogens is 1. The van der Waals surface area contributed by atoms with Gasteiger partial charge in [0.1, 0.15) is 5.82 Å². The smallest absolute Gasteiger partial charge is 0.125 e. The van der Waals surface area contributed by atoms with Crippen LogP contribution in [0.25, 0.3) is 0 Å². The van der Waals surface area contributed by atoms with Gasteiger partial charge in [0.05, 0.1) is 5.54 Å². The third-order valence-electron chi connectivity index (χ3n) is 4.46. The Hall–Kier alpha value is -1.13. The number of rotatable bonds is 3. The molecule has 0 radical (unpaired) electrons. The quantitative estimate of drug-likeness (QED) is 0.856. The molecule has 1 unspecified atom stereocenters. The largest absolute Gasteiger partial charge is 0.377 e.